The molecule has 1 aliphatic rings. The van der Waals surface area contributed by atoms with Gasteiger partial charge in [-0.2, -0.15) is 0 Å². The molecule has 2 amide bonds. The second kappa shape index (κ2) is 9.45. The summed E-state index contributed by atoms with van der Waals surface area (Å²) in [6, 6.07) is 14.8. The zero-order chi connectivity index (χ0) is 21.7. The number of benzene rings is 2. The standard InChI is InChI=1S/C23H26N2O5/c1-24(13-14-26)21-20(17-9-10-18(29-2)19(15-17)30-3)22(27)25(23(21)28)12-11-16-7-5-4-6-8-16/h4-10,15,26H,11-14H2,1-3H3. The van der Waals surface area contributed by atoms with E-state index in [0.29, 0.717) is 29.1 Å². The van der Waals surface area contributed by atoms with Gasteiger partial charge in [-0.3, -0.25) is 14.5 Å². The van der Waals surface area contributed by atoms with Crippen LogP contribution in [0.3, 0.4) is 0 Å². The molecule has 0 aromatic heterocycles. The lowest BCUT2D eigenvalue weighted by Crippen LogP contribution is -2.36. The van der Waals surface area contributed by atoms with Gasteiger partial charge in [0.05, 0.1) is 26.4 Å². The molecule has 2 aromatic rings. The molecule has 3 rings (SSSR count). The number of ether oxygens (including phenoxy) is 2. The molecule has 7 heteroatoms. The number of hydrogen-bond donors (Lipinski definition) is 1. The number of methoxy groups -OCH3 is 2. The largest absolute Gasteiger partial charge is 0.493 e. The van der Waals surface area contributed by atoms with Crippen molar-refractivity contribution in [1.82, 2.24) is 9.80 Å². The van der Waals surface area contributed by atoms with Gasteiger partial charge in [-0.15, -0.1) is 0 Å². The van der Waals surface area contributed by atoms with Crippen molar-refractivity contribution in [3.63, 3.8) is 0 Å². The van der Waals surface area contributed by atoms with Crippen LogP contribution in [0.4, 0.5) is 0 Å². The third-order valence-corrected chi connectivity index (χ3v) is 5.10. The van der Waals surface area contributed by atoms with E-state index in [2.05, 4.69) is 0 Å². The molecule has 1 heterocycles. The lowest BCUT2D eigenvalue weighted by Gasteiger charge is -2.20. The van der Waals surface area contributed by atoms with E-state index in [4.69, 9.17) is 9.47 Å². The monoisotopic (exact) mass is 410 g/mol. The zero-order valence-corrected chi connectivity index (χ0v) is 17.4. The second-order valence-corrected chi connectivity index (χ2v) is 6.94. The Morgan fingerprint density at radius 1 is 0.967 bits per heavy atom. The Morgan fingerprint density at radius 2 is 1.67 bits per heavy atom. The first-order chi connectivity index (χ1) is 14.5. The summed E-state index contributed by atoms with van der Waals surface area (Å²) >= 11 is 0. The Labute approximate surface area is 176 Å². The quantitative estimate of drug-likeness (QED) is 0.637. The van der Waals surface area contributed by atoms with Gasteiger partial charge in [0.15, 0.2) is 11.5 Å². The molecular formula is C23H26N2O5. The maximum Gasteiger partial charge on any atom is 0.277 e. The number of rotatable bonds is 9. The van der Waals surface area contributed by atoms with Crippen LogP contribution < -0.4 is 9.47 Å². The van der Waals surface area contributed by atoms with E-state index >= 15 is 0 Å². The van der Waals surface area contributed by atoms with Crippen LogP contribution in [-0.4, -0.2) is 67.7 Å². The Balaban J connectivity index is 1.98. The van der Waals surface area contributed by atoms with Gasteiger partial charge in [0.2, 0.25) is 0 Å². The van der Waals surface area contributed by atoms with Crippen molar-refractivity contribution in [1.29, 1.82) is 0 Å². The van der Waals surface area contributed by atoms with Crippen molar-refractivity contribution in [3.8, 4) is 11.5 Å². The lowest BCUT2D eigenvalue weighted by molar-refractivity contribution is -0.137. The number of nitrogens with zero attached hydrogens (tertiary/aromatic N) is 2. The fourth-order valence-electron chi connectivity index (χ4n) is 3.52. The van der Waals surface area contributed by atoms with Gasteiger partial charge < -0.3 is 19.5 Å². The summed E-state index contributed by atoms with van der Waals surface area (Å²) in [7, 11) is 4.74. The lowest BCUT2D eigenvalue weighted by atomic mass is 10.0. The molecule has 30 heavy (non-hydrogen) atoms. The number of carbonyl (C=O) groups is 2. The van der Waals surface area contributed by atoms with Crippen LogP contribution in [0.25, 0.3) is 5.57 Å². The third kappa shape index (κ3) is 4.16. The van der Waals surface area contributed by atoms with Crippen LogP contribution in [0.5, 0.6) is 11.5 Å². The minimum absolute atomic E-state index is 0.134. The molecule has 1 N–H and O–H groups in total. The first kappa shape index (κ1) is 21.4. The third-order valence-electron chi connectivity index (χ3n) is 5.10. The summed E-state index contributed by atoms with van der Waals surface area (Å²) in [5.41, 5.74) is 2.18. The summed E-state index contributed by atoms with van der Waals surface area (Å²) in [6.07, 6.45) is 0.564. The van der Waals surface area contributed by atoms with Gasteiger partial charge >= 0.3 is 0 Å². The van der Waals surface area contributed by atoms with Gasteiger partial charge in [0.25, 0.3) is 11.8 Å². The topological polar surface area (TPSA) is 79.3 Å². The number of likely N-dealkylation sites (N-methyl/N-ethyl adjacent to an activating group) is 1. The Kier molecular flexibility index (Phi) is 6.74. The van der Waals surface area contributed by atoms with Gasteiger partial charge in [-0.25, -0.2) is 0 Å². The van der Waals surface area contributed by atoms with Crippen molar-refractivity contribution >= 4 is 17.4 Å². The van der Waals surface area contributed by atoms with Crippen molar-refractivity contribution in [3.05, 3.63) is 65.4 Å². The summed E-state index contributed by atoms with van der Waals surface area (Å²) in [5, 5.41) is 9.36. The number of aliphatic hydroxyl groups is 1. The first-order valence-electron chi connectivity index (χ1n) is 9.70. The molecule has 158 valence electrons. The van der Waals surface area contributed by atoms with Crippen molar-refractivity contribution in [2.45, 2.75) is 6.42 Å². The molecule has 1 aliphatic heterocycles. The highest BCUT2D eigenvalue weighted by Gasteiger charge is 2.40. The SMILES string of the molecule is COc1ccc(C2=C(N(C)CCO)C(=O)N(CCc3ccccc3)C2=O)cc1OC. The summed E-state index contributed by atoms with van der Waals surface area (Å²) in [5.74, 6) is 0.277. The number of imide groups is 1. The van der Waals surface area contributed by atoms with Crippen LogP contribution in [0.1, 0.15) is 11.1 Å². The van der Waals surface area contributed by atoms with Crippen LogP contribution in [0.15, 0.2) is 54.2 Å². The Morgan fingerprint density at radius 3 is 2.30 bits per heavy atom. The molecular weight excluding hydrogens is 384 g/mol. The van der Waals surface area contributed by atoms with Crippen LogP contribution in [0.2, 0.25) is 0 Å². The van der Waals surface area contributed by atoms with E-state index in [0.717, 1.165) is 5.56 Å². The predicted octanol–water partition coefficient (Wildman–Crippen LogP) is 1.95. The molecule has 0 unspecified atom stereocenters. The number of aliphatic hydroxyl groups excluding tert-OH is 1. The van der Waals surface area contributed by atoms with Gasteiger partial charge in [-0.1, -0.05) is 36.4 Å². The minimum Gasteiger partial charge on any atom is -0.493 e. The fraction of sp³-hybridized carbons (Fsp3) is 0.304. The molecule has 0 saturated carbocycles. The maximum atomic E-state index is 13.3. The normalized spacial score (nSPS) is 13.8. The maximum absolute atomic E-state index is 13.3. The molecule has 0 saturated heterocycles. The van der Waals surface area contributed by atoms with Crippen LogP contribution in [-0.2, 0) is 16.0 Å². The van der Waals surface area contributed by atoms with Gasteiger partial charge in [0.1, 0.15) is 5.70 Å². The van der Waals surface area contributed by atoms with Crippen molar-refractivity contribution in [2.24, 2.45) is 0 Å². The van der Waals surface area contributed by atoms with E-state index in [9.17, 15) is 14.7 Å². The van der Waals surface area contributed by atoms with Gasteiger partial charge in [-0.05, 0) is 29.7 Å². The molecule has 0 atom stereocenters. The van der Waals surface area contributed by atoms with Crippen molar-refractivity contribution < 1.29 is 24.2 Å². The van der Waals surface area contributed by atoms with Crippen LogP contribution >= 0.6 is 0 Å². The second-order valence-electron chi connectivity index (χ2n) is 6.94. The smallest absolute Gasteiger partial charge is 0.277 e. The minimum atomic E-state index is -0.364. The molecule has 0 aliphatic carbocycles. The Bertz CT molecular complexity index is 955. The number of amides is 2. The average molecular weight is 410 g/mol. The highest BCUT2D eigenvalue weighted by Crippen LogP contribution is 2.36. The molecule has 0 fully saturated rings. The van der Waals surface area contributed by atoms with E-state index in [1.807, 2.05) is 30.3 Å². The Hall–Kier alpha value is -3.32. The predicted molar refractivity (Wildman–Crippen MR) is 113 cm³/mol. The van der Waals surface area contributed by atoms with E-state index in [1.165, 1.54) is 19.1 Å². The van der Waals surface area contributed by atoms with Crippen molar-refractivity contribution in [2.75, 3.05) is 41.0 Å². The highest BCUT2D eigenvalue weighted by molar-refractivity contribution is 6.35. The summed E-state index contributed by atoms with van der Waals surface area (Å²) < 4.78 is 10.6. The fourth-order valence-corrected chi connectivity index (χ4v) is 3.52. The number of hydrogen-bond acceptors (Lipinski definition) is 6. The molecule has 0 spiro atoms. The average Bonchev–Trinajstić information content (AvgIpc) is 3.02. The van der Waals surface area contributed by atoms with Crippen LogP contribution in [0, 0.1) is 0 Å². The first-order valence-corrected chi connectivity index (χ1v) is 9.70. The summed E-state index contributed by atoms with van der Waals surface area (Å²) in [6.45, 7) is 0.372. The number of carbonyl (C=O) groups excluding carboxylic acids is 2. The van der Waals surface area contributed by atoms with E-state index in [-0.39, 0.29) is 37.2 Å². The summed E-state index contributed by atoms with van der Waals surface area (Å²) in [4.78, 5) is 29.4. The molecule has 0 radical (unpaired) electrons. The molecule has 0 bridgehead atoms. The molecule has 7 nitrogen and oxygen atoms in total. The van der Waals surface area contributed by atoms with Gasteiger partial charge in [0, 0.05) is 20.1 Å². The highest BCUT2D eigenvalue weighted by atomic mass is 16.5. The zero-order valence-electron chi connectivity index (χ0n) is 17.4. The van der Waals surface area contributed by atoms with E-state index < -0.39 is 0 Å². The van der Waals surface area contributed by atoms with E-state index in [1.54, 1.807) is 30.1 Å². The molecule has 2 aromatic carbocycles.